The van der Waals surface area contributed by atoms with E-state index >= 15 is 0 Å². The second-order valence-corrected chi connectivity index (χ2v) is 5.43. The third-order valence-corrected chi connectivity index (χ3v) is 3.79. The molecular weight excluding hydrogens is 284 g/mol. The monoisotopic (exact) mass is 298 g/mol. The molecule has 0 aliphatic rings. The van der Waals surface area contributed by atoms with Gasteiger partial charge in [0.05, 0.1) is 31.3 Å². The summed E-state index contributed by atoms with van der Waals surface area (Å²) in [6.07, 6.45) is 2.60. The molecule has 108 valence electrons. The molecule has 0 aromatic carbocycles. The number of sulfonamides is 1. The average Bonchev–Trinajstić information content (AvgIpc) is 2.90. The summed E-state index contributed by atoms with van der Waals surface area (Å²) in [5.41, 5.74) is 0.475. The number of H-pyrrole nitrogens is 1. The van der Waals surface area contributed by atoms with Gasteiger partial charge < -0.3 is 9.84 Å². The van der Waals surface area contributed by atoms with Crippen LogP contribution >= 0.6 is 0 Å². The van der Waals surface area contributed by atoms with E-state index in [-0.39, 0.29) is 16.3 Å². The Hall–Kier alpha value is -2.13. The Kier molecular flexibility index (Phi) is 4.20. The summed E-state index contributed by atoms with van der Waals surface area (Å²) in [6.45, 7) is 1.88. The van der Waals surface area contributed by atoms with Gasteiger partial charge in [0.2, 0.25) is 5.88 Å². The molecule has 0 amide bonds. The number of hydrogen-bond donors (Lipinski definition) is 3. The highest BCUT2D eigenvalue weighted by molar-refractivity contribution is 7.92. The molecule has 3 N–H and O–H groups in total. The zero-order chi connectivity index (χ0) is 14.6. The molecule has 2 aromatic heterocycles. The van der Waals surface area contributed by atoms with E-state index in [1.807, 2.05) is 6.92 Å². The van der Waals surface area contributed by atoms with E-state index in [2.05, 4.69) is 19.9 Å². The molecule has 0 atom stereocenters. The third kappa shape index (κ3) is 3.06. The molecular formula is C11H14N4O4S. The number of ether oxygens (including phenoxy) is 1. The van der Waals surface area contributed by atoms with Crippen molar-refractivity contribution in [3.8, 4) is 5.88 Å². The third-order valence-electron chi connectivity index (χ3n) is 2.40. The molecule has 0 saturated heterocycles. The van der Waals surface area contributed by atoms with Gasteiger partial charge in [0, 0.05) is 11.6 Å². The number of anilines is 1. The Morgan fingerprint density at radius 3 is 2.80 bits per heavy atom. The van der Waals surface area contributed by atoms with Crippen molar-refractivity contribution in [2.24, 2.45) is 0 Å². The van der Waals surface area contributed by atoms with Crippen molar-refractivity contribution in [2.45, 2.75) is 18.6 Å². The number of pyridine rings is 1. The zero-order valence-corrected chi connectivity index (χ0v) is 11.5. The van der Waals surface area contributed by atoms with E-state index in [1.54, 1.807) is 6.07 Å². The predicted octanol–water partition coefficient (Wildman–Crippen LogP) is 0.497. The van der Waals surface area contributed by atoms with Crippen LogP contribution in [0, 0.1) is 0 Å². The summed E-state index contributed by atoms with van der Waals surface area (Å²) in [7, 11) is -3.85. The number of hydrogen-bond acceptors (Lipinski definition) is 6. The maximum atomic E-state index is 12.1. The molecule has 2 aromatic rings. The fourth-order valence-corrected chi connectivity index (χ4v) is 2.69. The highest BCUT2D eigenvalue weighted by atomic mass is 32.2. The largest absolute Gasteiger partial charge is 0.478 e. The van der Waals surface area contributed by atoms with Crippen molar-refractivity contribution in [2.75, 3.05) is 11.3 Å². The lowest BCUT2D eigenvalue weighted by molar-refractivity contribution is 0.278. The minimum absolute atomic E-state index is 0.172. The van der Waals surface area contributed by atoms with Gasteiger partial charge in [0.1, 0.15) is 0 Å². The number of aliphatic hydroxyl groups excluding tert-OH is 1. The molecule has 0 aliphatic carbocycles. The van der Waals surface area contributed by atoms with E-state index in [9.17, 15) is 8.42 Å². The summed E-state index contributed by atoms with van der Waals surface area (Å²) >= 11 is 0. The quantitative estimate of drug-likeness (QED) is 0.714. The first-order chi connectivity index (χ1) is 9.56. The van der Waals surface area contributed by atoms with Crippen LogP contribution in [0.2, 0.25) is 0 Å². The SMILES string of the molecule is CCOc1ccc(NS(=O)(=O)c2[nH]ncc2CO)cn1. The average molecular weight is 298 g/mol. The smallest absolute Gasteiger partial charge is 0.279 e. The second kappa shape index (κ2) is 5.88. The Morgan fingerprint density at radius 2 is 2.20 bits per heavy atom. The van der Waals surface area contributed by atoms with Crippen LogP contribution in [0.25, 0.3) is 0 Å². The topological polar surface area (TPSA) is 117 Å². The number of nitrogens with zero attached hydrogens (tertiary/aromatic N) is 2. The van der Waals surface area contributed by atoms with Gasteiger partial charge in [0.25, 0.3) is 10.0 Å². The van der Waals surface area contributed by atoms with Gasteiger partial charge in [-0.05, 0) is 13.0 Å². The molecule has 0 aliphatic heterocycles. The Morgan fingerprint density at radius 1 is 1.40 bits per heavy atom. The first-order valence-electron chi connectivity index (χ1n) is 5.81. The number of rotatable bonds is 6. The summed E-state index contributed by atoms with van der Waals surface area (Å²) in [6, 6.07) is 3.09. The van der Waals surface area contributed by atoms with Gasteiger partial charge in [-0.3, -0.25) is 9.82 Å². The number of aromatic nitrogens is 3. The van der Waals surface area contributed by atoms with Crippen LogP contribution in [-0.4, -0.2) is 35.3 Å². The summed E-state index contributed by atoms with van der Waals surface area (Å²) in [4.78, 5) is 3.95. The van der Waals surface area contributed by atoms with Gasteiger partial charge in [-0.15, -0.1) is 0 Å². The van der Waals surface area contributed by atoms with E-state index < -0.39 is 16.6 Å². The first-order valence-corrected chi connectivity index (χ1v) is 7.30. The normalized spacial score (nSPS) is 11.3. The van der Waals surface area contributed by atoms with E-state index in [0.29, 0.717) is 12.5 Å². The minimum atomic E-state index is -3.85. The molecule has 2 heterocycles. The predicted molar refractivity (Wildman–Crippen MR) is 70.7 cm³/mol. The van der Waals surface area contributed by atoms with Crippen LogP contribution in [0.4, 0.5) is 5.69 Å². The van der Waals surface area contributed by atoms with Crippen LogP contribution in [0.5, 0.6) is 5.88 Å². The molecule has 0 bridgehead atoms. The van der Waals surface area contributed by atoms with Gasteiger partial charge in [0.15, 0.2) is 5.03 Å². The molecule has 0 radical (unpaired) electrons. The number of aliphatic hydroxyl groups is 1. The van der Waals surface area contributed by atoms with Crippen molar-refractivity contribution >= 4 is 15.7 Å². The molecule has 0 saturated carbocycles. The van der Waals surface area contributed by atoms with Gasteiger partial charge in [-0.2, -0.15) is 13.5 Å². The molecule has 20 heavy (non-hydrogen) atoms. The van der Waals surface area contributed by atoms with Crippen LogP contribution in [0.1, 0.15) is 12.5 Å². The first kappa shape index (κ1) is 14.3. The molecule has 9 heteroatoms. The van der Waals surface area contributed by atoms with Crippen molar-refractivity contribution in [3.63, 3.8) is 0 Å². The highest BCUT2D eigenvalue weighted by Gasteiger charge is 2.20. The Balaban J connectivity index is 2.20. The fourth-order valence-electron chi connectivity index (χ4n) is 1.52. The molecule has 8 nitrogen and oxygen atoms in total. The van der Waals surface area contributed by atoms with E-state index in [4.69, 9.17) is 9.84 Å². The summed E-state index contributed by atoms with van der Waals surface area (Å²) < 4.78 is 31.7. The standard InChI is InChI=1S/C11H14N4O4S/c1-2-19-10-4-3-9(6-12-10)15-20(17,18)11-8(7-16)5-13-14-11/h3-6,15-16H,2,7H2,1H3,(H,13,14). The van der Waals surface area contributed by atoms with Crippen LogP contribution in [0.15, 0.2) is 29.6 Å². The van der Waals surface area contributed by atoms with Gasteiger partial charge in [-0.25, -0.2) is 4.98 Å². The lowest BCUT2D eigenvalue weighted by Gasteiger charge is -2.08. The fraction of sp³-hybridized carbons (Fsp3) is 0.273. The minimum Gasteiger partial charge on any atom is -0.478 e. The maximum absolute atomic E-state index is 12.1. The zero-order valence-electron chi connectivity index (χ0n) is 10.7. The van der Waals surface area contributed by atoms with Crippen molar-refractivity contribution in [1.29, 1.82) is 0 Å². The van der Waals surface area contributed by atoms with Crippen LogP contribution < -0.4 is 9.46 Å². The molecule has 2 rings (SSSR count). The van der Waals surface area contributed by atoms with Gasteiger partial charge in [-0.1, -0.05) is 0 Å². The number of nitrogens with one attached hydrogen (secondary N) is 2. The second-order valence-electron chi connectivity index (χ2n) is 3.81. The summed E-state index contributed by atoms with van der Waals surface area (Å²) in [5.74, 6) is 0.410. The Labute approximate surface area is 115 Å². The molecule has 0 unspecified atom stereocenters. The highest BCUT2D eigenvalue weighted by Crippen LogP contribution is 2.18. The van der Waals surface area contributed by atoms with Gasteiger partial charge >= 0.3 is 0 Å². The molecule has 0 fully saturated rings. The summed E-state index contributed by atoms with van der Waals surface area (Å²) in [5, 5.41) is 14.8. The Bertz CT molecular complexity index is 666. The lowest BCUT2D eigenvalue weighted by Crippen LogP contribution is -2.15. The van der Waals surface area contributed by atoms with Crippen LogP contribution in [0.3, 0.4) is 0 Å². The van der Waals surface area contributed by atoms with Crippen molar-refractivity contribution in [3.05, 3.63) is 30.1 Å². The van der Waals surface area contributed by atoms with E-state index in [1.165, 1.54) is 18.5 Å². The lowest BCUT2D eigenvalue weighted by atomic mass is 10.4. The van der Waals surface area contributed by atoms with Crippen molar-refractivity contribution < 1.29 is 18.3 Å². The maximum Gasteiger partial charge on any atom is 0.279 e. The van der Waals surface area contributed by atoms with Crippen LogP contribution in [-0.2, 0) is 16.6 Å². The molecule has 0 spiro atoms. The van der Waals surface area contributed by atoms with E-state index in [0.717, 1.165) is 0 Å². The number of aromatic amines is 1. The van der Waals surface area contributed by atoms with Crippen molar-refractivity contribution in [1.82, 2.24) is 15.2 Å².